The van der Waals surface area contributed by atoms with Crippen molar-refractivity contribution < 1.29 is 9.47 Å². The van der Waals surface area contributed by atoms with Gasteiger partial charge in [-0.05, 0) is 62.2 Å². The molecule has 0 amide bonds. The van der Waals surface area contributed by atoms with Gasteiger partial charge in [-0.1, -0.05) is 6.07 Å². The fourth-order valence-electron chi connectivity index (χ4n) is 2.54. The Balaban J connectivity index is 1.72. The molecule has 22 heavy (non-hydrogen) atoms. The Kier molecular flexibility index (Phi) is 4.00. The van der Waals surface area contributed by atoms with Crippen LogP contribution in [-0.4, -0.2) is 16.6 Å². The lowest BCUT2D eigenvalue weighted by molar-refractivity contribution is 0.296. The van der Waals surface area contributed by atoms with Crippen LogP contribution in [-0.2, 0) is 6.61 Å². The normalized spacial score (nSPS) is 10.9. The number of aromatic nitrogens is 2. The van der Waals surface area contributed by atoms with E-state index in [1.807, 2.05) is 31.2 Å². The van der Waals surface area contributed by atoms with Crippen molar-refractivity contribution in [2.75, 3.05) is 6.61 Å². The number of nitrogens with zero attached hydrogens (tertiary/aromatic N) is 1. The minimum Gasteiger partial charge on any atom is -0.494 e. The van der Waals surface area contributed by atoms with Gasteiger partial charge in [0.05, 0.1) is 17.6 Å². The zero-order valence-corrected chi connectivity index (χ0v) is 13.1. The topological polar surface area (TPSA) is 47.1 Å². The predicted molar refractivity (Wildman–Crippen MR) is 87.5 cm³/mol. The van der Waals surface area contributed by atoms with Crippen LogP contribution in [0.4, 0.5) is 0 Å². The van der Waals surface area contributed by atoms with Crippen LogP contribution >= 0.6 is 0 Å². The molecule has 1 heterocycles. The molecule has 0 unspecified atom stereocenters. The second-order valence-corrected chi connectivity index (χ2v) is 5.35. The highest BCUT2D eigenvalue weighted by molar-refractivity contribution is 5.79. The van der Waals surface area contributed by atoms with E-state index in [-0.39, 0.29) is 0 Å². The first kappa shape index (κ1) is 14.4. The summed E-state index contributed by atoms with van der Waals surface area (Å²) in [5.74, 6) is 2.49. The first-order chi connectivity index (χ1) is 10.7. The number of fused-ring (bicyclic) bond motifs is 1. The second kappa shape index (κ2) is 6.10. The monoisotopic (exact) mass is 296 g/mol. The highest BCUT2D eigenvalue weighted by atomic mass is 16.5. The summed E-state index contributed by atoms with van der Waals surface area (Å²) >= 11 is 0. The van der Waals surface area contributed by atoms with E-state index >= 15 is 0 Å². The lowest BCUT2D eigenvalue weighted by Crippen LogP contribution is -1.97. The number of hydrogen-bond acceptors (Lipinski definition) is 3. The Bertz CT molecular complexity index is 776. The van der Waals surface area contributed by atoms with Crippen molar-refractivity contribution in [2.45, 2.75) is 27.4 Å². The zero-order chi connectivity index (χ0) is 15.5. The number of hydrogen-bond donors (Lipinski definition) is 1. The summed E-state index contributed by atoms with van der Waals surface area (Å²) in [6.07, 6.45) is 0. The molecule has 0 saturated heterocycles. The van der Waals surface area contributed by atoms with E-state index in [9.17, 15) is 0 Å². The molecule has 114 valence electrons. The van der Waals surface area contributed by atoms with Gasteiger partial charge in [-0.2, -0.15) is 0 Å². The molecule has 0 atom stereocenters. The summed E-state index contributed by atoms with van der Waals surface area (Å²) in [5, 5.41) is 0. The van der Waals surface area contributed by atoms with Crippen LogP contribution in [0.3, 0.4) is 0 Å². The van der Waals surface area contributed by atoms with E-state index in [0.29, 0.717) is 13.2 Å². The summed E-state index contributed by atoms with van der Waals surface area (Å²) in [5.41, 5.74) is 4.48. The Morgan fingerprint density at radius 3 is 2.36 bits per heavy atom. The fraction of sp³-hybridized carbons (Fsp3) is 0.278. The van der Waals surface area contributed by atoms with Crippen molar-refractivity contribution in [2.24, 2.45) is 0 Å². The molecular weight excluding hydrogens is 276 g/mol. The van der Waals surface area contributed by atoms with Crippen molar-refractivity contribution in [1.29, 1.82) is 0 Å². The molecule has 1 N–H and O–H groups in total. The number of ether oxygens (including phenoxy) is 2. The average Bonchev–Trinajstić information content (AvgIpc) is 2.90. The Morgan fingerprint density at radius 1 is 1.00 bits per heavy atom. The molecule has 3 aromatic rings. The van der Waals surface area contributed by atoms with E-state index in [0.717, 1.165) is 28.4 Å². The molecule has 2 aromatic carbocycles. The second-order valence-electron chi connectivity index (χ2n) is 5.35. The summed E-state index contributed by atoms with van der Waals surface area (Å²) in [6.45, 7) is 7.21. The molecule has 0 bridgehead atoms. The summed E-state index contributed by atoms with van der Waals surface area (Å²) in [4.78, 5) is 7.93. The van der Waals surface area contributed by atoms with Gasteiger partial charge in [0.1, 0.15) is 23.9 Å². The quantitative estimate of drug-likeness (QED) is 0.769. The van der Waals surface area contributed by atoms with Gasteiger partial charge in [0, 0.05) is 0 Å². The van der Waals surface area contributed by atoms with Gasteiger partial charge < -0.3 is 14.5 Å². The summed E-state index contributed by atoms with van der Waals surface area (Å²) in [7, 11) is 0. The number of nitrogens with one attached hydrogen (secondary N) is 1. The lowest BCUT2D eigenvalue weighted by atomic mass is 10.1. The SMILES string of the molecule is CCOc1ccc(OCc2nc3c(C)cc(C)cc3[nH]2)cc1. The average molecular weight is 296 g/mol. The van der Waals surface area contributed by atoms with Crippen molar-refractivity contribution >= 4 is 11.0 Å². The third-order valence-corrected chi connectivity index (χ3v) is 3.48. The van der Waals surface area contributed by atoms with Crippen molar-refractivity contribution in [3.63, 3.8) is 0 Å². The van der Waals surface area contributed by atoms with Crippen LogP contribution in [0.15, 0.2) is 36.4 Å². The predicted octanol–water partition coefficient (Wildman–Crippen LogP) is 4.16. The van der Waals surface area contributed by atoms with Crippen molar-refractivity contribution in [3.05, 3.63) is 53.3 Å². The first-order valence-corrected chi connectivity index (χ1v) is 7.47. The van der Waals surface area contributed by atoms with Gasteiger partial charge in [-0.25, -0.2) is 4.98 Å². The van der Waals surface area contributed by atoms with Gasteiger partial charge in [0.25, 0.3) is 0 Å². The van der Waals surface area contributed by atoms with Gasteiger partial charge in [0.2, 0.25) is 0 Å². The largest absolute Gasteiger partial charge is 0.494 e. The van der Waals surface area contributed by atoms with Crippen LogP contribution in [0, 0.1) is 13.8 Å². The fourth-order valence-corrected chi connectivity index (χ4v) is 2.54. The highest BCUT2D eigenvalue weighted by Crippen LogP contribution is 2.21. The van der Waals surface area contributed by atoms with Crippen LogP contribution < -0.4 is 9.47 Å². The molecule has 0 aliphatic heterocycles. The number of imidazole rings is 1. The van der Waals surface area contributed by atoms with Gasteiger partial charge in [-0.3, -0.25) is 0 Å². The summed E-state index contributed by atoms with van der Waals surface area (Å²) in [6, 6.07) is 11.9. The minimum absolute atomic E-state index is 0.418. The van der Waals surface area contributed by atoms with E-state index in [2.05, 4.69) is 35.9 Å². The maximum atomic E-state index is 5.78. The number of aromatic amines is 1. The Morgan fingerprint density at radius 2 is 1.68 bits per heavy atom. The van der Waals surface area contributed by atoms with E-state index in [1.54, 1.807) is 0 Å². The number of H-pyrrole nitrogens is 1. The van der Waals surface area contributed by atoms with Crippen LogP contribution in [0.2, 0.25) is 0 Å². The lowest BCUT2D eigenvalue weighted by Gasteiger charge is -2.06. The molecule has 0 aliphatic rings. The Labute approximate surface area is 130 Å². The maximum Gasteiger partial charge on any atom is 0.146 e. The number of rotatable bonds is 5. The van der Waals surface area contributed by atoms with Crippen LogP contribution in [0.1, 0.15) is 23.9 Å². The third kappa shape index (κ3) is 3.06. The molecule has 0 aliphatic carbocycles. The van der Waals surface area contributed by atoms with Crippen molar-refractivity contribution in [1.82, 2.24) is 9.97 Å². The van der Waals surface area contributed by atoms with Gasteiger partial charge in [0.15, 0.2) is 0 Å². The molecule has 1 aromatic heterocycles. The molecule has 4 nitrogen and oxygen atoms in total. The van der Waals surface area contributed by atoms with Crippen LogP contribution in [0.5, 0.6) is 11.5 Å². The maximum absolute atomic E-state index is 5.78. The minimum atomic E-state index is 0.418. The van der Waals surface area contributed by atoms with Crippen molar-refractivity contribution in [3.8, 4) is 11.5 Å². The molecular formula is C18H20N2O2. The summed E-state index contributed by atoms with van der Waals surface area (Å²) < 4.78 is 11.2. The third-order valence-electron chi connectivity index (χ3n) is 3.48. The zero-order valence-electron chi connectivity index (χ0n) is 13.1. The van der Waals surface area contributed by atoms with Crippen LogP contribution in [0.25, 0.3) is 11.0 Å². The number of aryl methyl sites for hydroxylation is 2. The molecule has 0 saturated carbocycles. The first-order valence-electron chi connectivity index (χ1n) is 7.47. The standard InChI is InChI=1S/C18H20N2O2/c1-4-21-14-5-7-15(8-6-14)22-11-17-19-16-10-12(2)9-13(3)18(16)20-17/h5-10H,4,11H2,1-3H3,(H,19,20). The van der Waals surface area contributed by atoms with E-state index in [1.165, 1.54) is 11.1 Å². The molecule has 0 fully saturated rings. The molecule has 0 spiro atoms. The van der Waals surface area contributed by atoms with Gasteiger partial charge in [-0.15, -0.1) is 0 Å². The van der Waals surface area contributed by atoms with E-state index in [4.69, 9.17) is 9.47 Å². The smallest absolute Gasteiger partial charge is 0.146 e. The highest BCUT2D eigenvalue weighted by Gasteiger charge is 2.07. The van der Waals surface area contributed by atoms with E-state index < -0.39 is 0 Å². The molecule has 3 rings (SSSR count). The Hall–Kier alpha value is -2.49. The van der Waals surface area contributed by atoms with Gasteiger partial charge >= 0.3 is 0 Å². The molecule has 4 heteroatoms. The number of benzene rings is 2. The molecule has 0 radical (unpaired) electrons.